The molecule has 0 amide bonds. The van der Waals surface area contributed by atoms with E-state index >= 15 is 0 Å². The minimum atomic E-state index is 0.414. The lowest BCUT2D eigenvalue weighted by molar-refractivity contribution is 0.114. The molecule has 2 aliphatic rings. The van der Waals surface area contributed by atoms with Gasteiger partial charge in [-0.15, -0.1) is 0 Å². The fraction of sp³-hybridized carbons (Fsp3) is 0.667. The van der Waals surface area contributed by atoms with Crippen LogP contribution in [0.4, 0.5) is 0 Å². The Morgan fingerprint density at radius 1 is 1.05 bits per heavy atom. The van der Waals surface area contributed by atoms with Crippen molar-refractivity contribution in [2.75, 3.05) is 6.54 Å². The van der Waals surface area contributed by atoms with Gasteiger partial charge < -0.3 is 5.32 Å². The summed E-state index contributed by atoms with van der Waals surface area (Å²) in [7, 11) is 0. The first-order valence-electron chi connectivity index (χ1n) is 7.75. The molecule has 0 bridgehead atoms. The lowest BCUT2D eigenvalue weighted by atomic mass is 9.56. The summed E-state index contributed by atoms with van der Waals surface area (Å²) in [6.07, 6.45) is 5.76. The van der Waals surface area contributed by atoms with Crippen molar-refractivity contribution < 1.29 is 0 Å². The first-order valence-corrected chi connectivity index (χ1v) is 7.75. The average Bonchev–Trinajstić information content (AvgIpc) is 3.02. The number of nitrogens with one attached hydrogen (secondary N) is 1. The fourth-order valence-corrected chi connectivity index (χ4v) is 4.03. The Morgan fingerprint density at radius 3 is 2.11 bits per heavy atom. The van der Waals surface area contributed by atoms with E-state index in [9.17, 15) is 0 Å². The van der Waals surface area contributed by atoms with Crippen molar-refractivity contribution in [2.45, 2.75) is 64.8 Å². The standard InChI is InChI=1S/C18H27N/c1-13(2)19-12-18(10-17(11-18)5-6-17)16-8-14(3)7-15(4)9-16/h7-9,13,19H,5-6,10-12H2,1-4H3. The van der Waals surface area contributed by atoms with Crippen LogP contribution in [0, 0.1) is 19.3 Å². The Kier molecular flexibility index (Phi) is 3.01. The smallest absolute Gasteiger partial charge is 0.00886 e. The molecule has 19 heavy (non-hydrogen) atoms. The Labute approximate surface area is 117 Å². The van der Waals surface area contributed by atoms with Crippen molar-refractivity contribution in [3.63, 3.8) is 0 Å². The van der Waals surface area contributed by atoms with Crippen molar-refractivity contribution in [1.82, 2.24) is 5.32 Å². The van der Waals surface area contributed by atoms with Crippen LogP contribution in [0.5, 0.6) is 0 Å². The van der Waals surface area contributed by atoms with Gasteiger partial charge in [-0.2, -0.15) is 0 Å². The largest absolute Gasteiger partial charge is 0.314 e. The molecule has 2 aliphatic carbocycles. The van der Waals surface area contributed by atoms with Crippen molar-refractivity contribution in [2.24, 2.45) is 5.41 Å². The van der Waals surface area contributed by atoms with Crippen LogP contribution >= 0.6 is 0 Å². The van der Waals surface area contributed by atoms with Gasteiger partial charge in [-0.05, 0) is 50.5 Å². The molecule has 1 spiro atoms. The van der Waals surface area contributed by atoms with Gasteiger partial charge in [0, 0.05) is 18.0 Å². The lowest BCUT2D eigenvalue weighted by Crippen LogP contribution is -2.51. The quantitative estimate of drug-likeness (QED) is 0.856. The van der Waals surface area contributed by atoms with Gasteiger partial charge >= 0.3 is 0 Å². The SMILES string of the molecule is Cc1cc(C)cc(C2(CNC(C)C)CC3(CC3)C2)c1. The molecule has 2 fully saturated rings. The predicted octanol–water partition coefficient (Wildman–Crippen LogP) is 4.11. The van der Waals surface area contributed by atoms with E-state index in [1.165, 1.54) is 36.8 Å². The molecule has 1 N–H and O–H groups in total. The second-order valence-corrected chi connectivity index (χ2v) is 7.55. The predicted molar refractivity (Wildman–Crippen MR) is 81.6 cm³/mol. The van der Waals surface area contributed by atoms with Gasteiger partial charge in [0.15, 0.2) is 0 Å². The maximum absolute atomic E-state index is 3.69. The molecule has 0 aliphatic heterocycles. The summed E-state index contributed by atoms with van der Waals surface area (Å²) >= 11 is 0. The van der Waals surface area contributed by atoms with Gasteiger partial charge in [0.25, 0.3) is 0 Å². The molecular weight excluding hydrogens is 230 g/mol. The number of hydrogen-bond acceptors (Lipinski definition) is 1. The van der Waals surface area contributed by atoms with E-state index in [0.29, 0.717) is 11.5 Å². The number of benzene rings is 1. The number of rotatable bonds is 4. The van der Waals surface area contributed by atoms with E-state index in [4.69, 9.17) is 0 Å². The second-order valence-electron chi connectivity index (χ2n) is 7.55. The van der Waals surface area contributed by atoms with Gasteiger partial charge in [0.05, 0.1) is 0 Å². The maximum atomic E-state index is 3.69. The highest BCUT2D eigenvalue weighted by Crippen LogP contribution is 2.68. The molecular formula is C18H27N. The summed E-state index contributed by atoms with van der Waals surface area (Å²) in [6.45, 7) is 10.1. The van der Waals surface area contributed by atoms with Crippen molar-refractivity contribution in [1.29, 1.82) is 0 Å². The molecule has 0 unspecified atom stereocenters. The van der Waals surface area contributed by atoms with Crippen LogP contribution in [-0.2, 0) is 5.41 Å². The molecule has 2 saturated carbocycles. The number of aryl methyl sites for hydroxylation is 2. The second kappa shape index (κ2) is 4.34. The average molecular weight is 257 g/mol. The first kappa shape index (κ1) is 13.2. The molecule has 1 nitrogen and oxygen atoms in total. The van der Waals surface area contributed by atoms with Crippen molar-refractivity contribution >= 4 is 0 Å². The van der Waals surface area contributed by atoms with E-state index in [2.05, 4.69) is 51.2 Å². The van der Waals surface area contributed by atoms with Crippen molar-refractivity contribution in [3.05, 3.63) is 34.9 Å². The summed E-state index contributed by atoms with van der Waals surface area (Å²) in [4.78, 5) is 0. The third-order valence-corrected chi connectivity index (χ3v) is 5.07. The molecule has 0 atom stereocenters. The lowest BCUT2D eigenvalue weighted by Gasteiger charge is -2.50. The summed E-state index contributed by atoms with van der Waals surface area (Å²) in [5.41, 5.74) is 5.57. The third kappa shape index (κ3) is 2.45. The van der Waals surface area contributed by atoms with Gasteiger partial charge in [-0.1, -0.05) is 43.2 Å². The highest BCUT2D eigenvalue weighted by atomic mass is 14.9. The van der Waals surface area contributed by atoms with E-state index in [1.807, 2.05) is 0 Å². The van der Waals surface area contributed by atoms with Crippen LogP contribution in [0.15, 0.2) is 18.2 Å². The van der Waals surface area contributed by atoms with Crippen LogP contribution in [0.25, 0.3) is 0 Å². The van der Waals surface area contributed by atoms with Gasteiger partial charge in [-0.3, -0.25) is 0 Å². The first-order chi connectivity index (χ1) is 8.93. The van der Waals surface area contributed by atoms with Gasteiger partial charge in [-0.25, -0.2) is 0 Å². The van der Waals surface area contributed by atoms with Crippen LogP contribution in [0.1, 0.15) is 56.2 Å². The zero-order valence-electron chi connectivity index (χ0n) is 12.8. The van der Waals surface area contributed by atoms with E-state index < -0.39 is 0 Å². The molecule has 0 saturated heterocycles. The molecule has 1 aromatic rings. The summed E-state index contributed by atoms with van der Waals surface area (Å²) < 4.78 is 0. The van der Waals surface area contributed by atoms with E-state index in [0.717, 1.165) is 12.0 Å². The molecule has 104 valence electrons. The Hall–Kier alpha value is -0.820. The summed E-state index contributed by atoms with van der Waals surface area (Å²) in [5, 5.41) is 3.69. The fourth-order valence-electron chi connectivity index (χ4n) is 4.03. The van der Waals surface area contributed by atoms with Gasteiger partial charge in [0.1, 0.15) is 0 Å². The van der Waals surface area contributed by atoms with Crippen LogP contribution in [-0.4, -0.2) is 12.6 Å². The topological polar surface area (TPSA) is 12.0 Å². The Bertz CT molecular complexity index is 454. The molecule has 0 heterocycles. The molecule has 0 radical (unpaired) electrons. The van der Waals surface area contributed by atoms with Crippen LogP contribution in [0.2, 0.25) is 0 Å². The van der Waals surface area contributed by atoms with E-state index in [1.54, 1.807) is 5.56 Å². The summed E-state index contributed by atoms with van der Waals surface area (Å²) in [5.74, 6) is 0. The zero-order chi connectivity index (χ0) is 13.7. The van der Waals surface area contributed by atoms with Crippen molar-refractivity contribution in [3.8, 4) is 0 Å². The van der Waals surface area contributed by atoms with Crippen LogP contribution in [0.3, 0.4) is 0 Å². The van der Waals surface area contributed by atoms with E-state index in [-0.39, 0.29) is 0 Å². The normalized spacial score (nSPS) is 22.6. The summed E-state index contributed by atoms with van der Waals surface area (Å²) in [6, 6.07) is 7.71. The minimum absolute atomic E-state index is 0.414. The molecule has 1 aromatic carbocycles. The molecule has 3 rings (SSSR count). The number of hydrogen-bond donors (Lipinski definition) is 1. The highest BCUT2D eigenvalue weighted by Gasteiger charge is 2.60. The Balaban J connectivity index is 1.86. The monoisotopic (exact) mass is 257 g/mol. The zero-order valence-corrected chi connectivity index (χ0v) is 12.8. The highest BCUT2D eigenvalue weighted by molar-refractivity contribution is 5.38. The Morgan fingerprint density at radius 2 is 1.63 bits per heavy atom. The molecule has 1 heteroatoms. The third-order valence-electron chi connectivity index (χ3n) is 5.07. The van der Waals surface area contributed by atoms with Gasteiger partial charge in [0.2, 0.25) is 0 Å². The maximum Gasteiger partial charge on any atom is 0.00886 e. The molecule has 0 aromatic heterocycles. The van der Waals surface area contributed by atoms with Crippen LogP contribution < -0.4 is 5.32 Å². The minimum Gasteiger partial charge on any atom is -0.314 e.